The summed E-state index contributed by atoms with van der Waals surface area (Å²) in [5.41, 5.74) is 0.531. The summed E-state index contributed by atoms with van der Waals surface area (Å²) in [7, 11) is -3.28. The Morgan fingerprint density at radius 2 is 1.31 bits per heavy atom. The average Bonchev–Trinajstić information content (AvgIpc) is 2.86. The molecule has 0 saturated heterocycles. The van der Waals surface area contributed by atoms with E-state index in [-0.39, 0.29) is 24.6 Å². The maximum atomic E-state index is 14.1. The number of ether oxygens (including phenoxy) is 1. The quantitative estimate of drug-likeness (QED) is 0.266. The van der Waals surface area contributed by atoms with Gasteiger partial charge >= 0.3 is 5.97 Å². The molecule has 0 N–H and O–H groups in total. The lowest BCUT2D eigenvalue weighted by atomic mass is 9.96. The Hall–Kier alpha value is -2.68. The molecule has 0 heterocycles. The van der Waals surface area contributed by atoms with Crippen LogP contribution in [0.5, 0.6) is 0 Å². The second-order valence-electron chi connectivity index (χ2n) is 7.79. The molecular formula is C27H31O4P. The smallest absolute Gasteiger partial charge is 0.338 e. The van der Waals surface area contributed by atoms with E-state index in [1.165, 1.54) is 0 Å². The molecule has 168 valence electrons. The first kappa shape index (κ1) is 24.0. The molecule has 0 bridgehead atoms. The monoisotopic (exact) mass is 450 g/mol. The fourth-order valence-electron chi connectivity index (χ4n) is 3.69. The van der Waals surface area contributed by atoms with Crippen LogP contribution in [0.2, 0.25) is 0 Å². The molecule has 0 aromatic heterocycles. The molecule has 0 aliphatic rings. The van der Waals surface area contributed by atoms with Gasteiger partial charge in [-0.05, 0) is 49.2 Å². The van der Waals surface area contributed by atoms with Crippen LogP contribution in [0.1, 0.15) is 43.5 Å². The Morgan fingerprint density at radius 3 is 1.78 bits per heavy atom. The van der Waals surface area contributed by atoms with E-state index in [0.717, 1.165) is 19.3 Å². The van der Waals surface area contributed by atoms with Crippen LogP contribution in [0.15, 0.2) is 91.0 Å². The number of carbonyl (C=O) groups is 1. The van der Waals surface area contributed by atoms with Crippen molar-refractivity contribution in [1.82, 2.24) is 0 Å². The zero-order chi connectivity index (χ0) is 22.8. The lowest BCUT2D eigenvalue weighted by Gasteiger charge is -2.28. The normalized spacial score (nSPS) is 13.3. The first-order chi connectivity index (χ1) is 15.6. The molecule has 32 heavy (non-hydrogen) atoms. The van der Waals surface area contributed by atoms with Crippen LogP contribution < -0.4 is 10.6 Å². The summed E-state index contributed by atoms with van der Waals surface area (Å²) in [6.45, 7) is 4.35. The summed E-state index contributed by atoms with van der Waals surface area (Å²) in [6, 6.07) is 27.6. The van der Waals surface area contributed by atoms with E-state index >= 15 is 0 Å². The van der Waals surface area contributed by atoms with E-state index in [9.17, 15) is 9.36 Å². The summed E-state index contributed by atoms with van der Waals surface area (Å²) >= 11 is 0. The zero-order valence-corrected chi connectivity index (χ0v) is 19.6. The van der Waals surface area contributed by atoms with Gasteiger partial charge < -0.3 is 9.26 Å². The summed E-state index contributed by atoms with van der Waals surface area (Å²) in [4.78, 5) is 12.7. The molecule has 0 fully saturated rings. The third kappa shape index (κ3) is 5.97. The van der Waals surface area contributed by atoms with Crippen molar-refractivity contribution in [3.05, 3.63) is 96.6 Å². The molecule has 0 aliphatic carbocycles. The van der Waals surface area contributed by atoms with E-state index in [2.05, 4.69) is 6.92 Å². The lowest BCUT2D eigenvalue weighted by molar-refractivity contribution is 0.00257. The van der Waals surface area contributed by atoms with Crippen LogP contribution >= 0.6 is 7.37 Å². The average molecular weight is 451 g/mol. The van der Waals surface area contributed by atoms with Crippen molar-refractivity contribution in [1.29, 1.82) is 0 Å². The van der Waals surface area contributed by atoms with Gasteiger partial charge in [0, 0.05) is 16.5 Å². The molecule has 0 aliphatic heterocycles. The molecule has 0 amide bonds. The Balaban J connectivity index is 1.81. The van der Waals surface area contributed by atoms with Crippen LogP contribution in [0.3, 0.4) is 0 Å². The number of rotatable bonds is 11. The second kappa shape index (κ2) is 11.8. The molecule has 5 heteroatoms. The zero-order valence-electron chi connectivity index (χ0n) is 18.7. The number of hydrogen-bond donors (Lipinski definition) is 0. The molecule has 2 unspecified atom stereocenters. The second-order valence-corrected chi connectivity index (χ2v) is 10.2. The predicted molar refractivity (Wildman–Crippen MR) is 130 cm³/mol. The van der Waals surface area contributed by atoms with E-state index in [1.54, 1.807) is 12.1 Å². The van der Waals surface area contributed by atoms with Crippen molar-refractivity contribution in [2.45, 2.75) is 39.2 Å². The first-order valence-corrected chi connectivity index (χ1v) is 12.8. The van der Waals surface area contributed by atoms with Gasteiger partial charge in [0.05, 0.1) is 12.2 Å². The van der Waals surface area contributed by atoms with Gasteiger partial charge in [-0.15, -0.1) is 0 Å². The van der Waals surface area contributed by atoms with Gasteiger partial charge in [0.15, 0.2) is 0 Å². The third-order valence-corrected chi connectivity index (χ3v) is 8.02. The van der Waals surface area contributed by atoms with Crippen molar-refractivity contribution in [3.63, 3.8) is 0 Å². The Kier molecular flexibility index (Phi) is 8.84. The van der Waals surface area contributed by atoms with Crippen molar-refractivity contribution in [3.8, 4) is 0 Å². The van der Waals surface area contributed by atoms with Gasteiger partial charge in [0.2, 0.25) is 0 Å². The Bertz CT molecular complexity index is 962. The van der Waals surface area contributed by atoms with E-state index in [0.29, 0.717) is 16.2 Å². The minimum absolute atomic E-state index is 0.0663. The number of benzene rings is 3. The van der Waals surface area contributed by atoms with Crippen molar-refractivity contribution >= 4 is 23.9 Å². The number of hydrogen-bond acceptors (Lipinski definition) is 4. The lowest BCUT2D eigenvalue weighted by Crippen LogP contribution is -2.31. The summed E-state index contributed by atoms with van der Waals surface area (Å²) in [6.07, 6.45) is 2.04. The van der Waals surface area contributed by atoms with Crippen LogP contribution in [0.25, 0.3) is 0 Å². The molecule has 0 saturated carbocycles. The highest BCUT2D eigenvalue weighted by molar-refractivity contribution is 7.74. The topological polar surface area (TPSA) is 52.6 Å². The predicted octanol–water partition coefficient (Wildman–Crippen LogP) is 5.98. The van der Waals surface area contributed by atoms with Crippen LogP contribution in [-0.4, -0.2) is 18.7 Å². The summed E-state index contributed by atoms with van der Waals surface area (Å²) in [5.74, 6) is -0.403. The van der Waals surface area contributed by atoms with Gasteiger partial charge in [-0.2, -0.15) is 0 Å². The van der Waals surface area contributed by atoms with Crippen molar-refractivity contribution < 1.29 is 18.6 Å². The van der Waals surface area contributed by atoms with Gasteiger partial charge in [-0.1, -0.05) is 74.9 Å². The Morgan fingerprint density at radius 1 is 0.812 bits per heavy atom. The van der Waals surface area contributed by atoms with Crippen molar-refractivity contribution in [2.75, 3.05) is 6.61 Å². The SMILES string of the molecule is CCCC(OC(=O)c1ccccc1)C(CC)COP(=O)(c1ccccc1)c1ccccc1. The van der Waals surface area contributed by atoms with Crippen LogP contribution in [-0.2, 0) is 13.8 Å². The highest BCUT2D eigenvalue weighted by Gasteiger charge is 2.32. The molecule has 0 radical (unpaired) electrons. The molecule has 2 atom stereocenters. The molecule has 3 rings (SSSR count). The highest BCUT2D eigenvalue weighted by Crippen LogP contribution is 2.45. The van der Waals surface area contributed by atoms with Crippen molar-refractivity contribution in [2.24, 2.45) is 5.92 Å². The largest absolute Gasteiger partial charge is 0.458 e. The minimum Gasteiger partial charge on any atom is -0.458 e. The molecule has 3 aromatic carbocycles. The maximum Gasteiger partial charge on any atom is 0.338 e. The summed E-state index contributed by atoms with van der Waals surface area (Å²) < 4.78 is 26.3. The minimum atomic E-state index is -3.28. The van der Waals surface area contributed by atoms with Gasteiger partial charge in [-0.25, -0.2) is 4.79 Å². The van der Waals surface area contributed by atoms with Gasteiger partial charge in [-0.3, -0.25) is 4.57 Å². The molecule has 3 aromatic rings. The number of esters is 1. The highest BCUT2D eigenvalue weighted by atomic mass is 31.2. The fourth-order valence-corrected chi connectivity index (χ4v) is 5.82. The summed E-state index contributed by atoms with van der Waals surface area (Å²) in [5, 5.41) is 1.32. The third-order valence-electron chi connectivity index (χ3n) is 5.55. The first-order valence-electron chi connectivity index (χ1n) is 11.2. The molecular weight excluding hydrogens is 419 g/mol. The van der Waals surface area contributed by atoms with E-state index in [4.69, 9.17) is 9.26 Å². The Labute approximate surface area is 191 Å². The molecule has 4 nitrogen and oxygen atoms in total. The van der Waals surface area contributed by atoms with E-state index in [1.807, 2.05) is 85.8 Å². The van der Waals surface area contributed by atoms with Crippen LogP contribution in [0.4, 0.5) is 0 Å². The van der Waals surface area contributed by atoms with Gasteiger partial charge in [0.25, 0.3) is 7.37 Å². The van der Waals surface area contributed by atoms with E-state index < -0.39 is 7.37 Å². The van der Waals surface area contributed by atoms with Crippen LogP contribution in [0, 0.1) is 5.92 Å². The van der Waals surface area contributed by atoms with Gasteiger partial charge in [0.1, 0.15) is 6.10 Å². The fraction of sp³-hybridized carbons (Fsp3) is 0.296. The molecule has 0 spiro atoms. The maximum absolute atomic E-state index is 14.1. The number of carbonyl (C=O) groups excluding carboxylic acids is 1. The standard InChI is InChI=1S/C27H31O4P/c1-3-14-26(31-27(28)23-15-8-5-9-16-23)22(4-2)21-30-32(29,24-17-10-6-11-18-24)25-19-12-7-13-20-25/h5-13,15-20,22,26H,3-4,14,21H2,1-2H3.